The molecule has 0 amide bonds. The summed E-state index contributed by atoms with van der Waals surface area (Å²) in [5.74, 6) is -0.894. The molecule has 0 aliphatic rings. The van der Waals surface area contributed by atoms with E-state index < -0.39 is 6.10 Å². The van der Waals surface area contributed by atoms with Crippen molar-refractivity contribution in [3.05, 3.63) is 48.6 Å². The van der Waals surface area contributed by atoms with Crippen LogP contribution in [0.5, 0.6) is 0 Å². The largest absolute Gasteiger partial charge is 0.462 e. The maximum Gasteiger partial charge on any atom is 0.306 e. The fraction of sp³-hybridized carbons (Fsp3) is 0.807. The molecule has 63 heavy (non-hydrogen) atoms. The number of rotatable bonds is 49. The minimum Gasteiger partial charge on any atom is -0.462 e. The summed E-state index contributed by atoms with van der Waals surface area (Å²) in [5, 5.41) is 0. The molecular formula is C57H102O6. The summed E-state index contributed by atoms with van der Waals surface area (Å²) in [6.07, 6.45) is 62.3. The summed E-state index contributed by atoms with van der Waals surface area (Å²) in [7, 11) is 0. The van der Waals surface area contributed by atoms with E-state index in [-0.39, 0.29) is 31.1 Å². The molecule has 0 N–H and O–H groups in total. The number of unbranched alkanes of at least 4 members (excludes halogenated alkanes) is 30. The van der Waals surface area contributed by atoms with Crippen LogP contribution in [0, 0.1) is 0 Å². The van der Waals surface area contributed by atoms with E-state index in [0.29, 0.717) is 19.3 Å². The molecule has 0 rings (SSSR count). The molecule has 0 saturated heterocycles. The molecule has 0 radical (unpaired) electrons. The van der Waals surface area contributed by atoms with E-state index >= 15 is 0 Å². The number of hydrogen-bond acceptors (Lipinski definition) is 6. The van der Waals surface area contributed by atoms with Gasteiger partial charge in [0.1, 0.15) is 13.2 Å². The van der Waals surface area contributed by atoms with Crippen molar-refractivity contribution in [1.29, 1.82) is 0 Å². The molecule has 0 heterocycles. The summed E-state index contributed by atoms with van der Waals surface area (Å²) in [6, 6.07) is 0. The molecule has 0 aliphatic heterocycles. The maximum atomic E-state index is 12.8. The van der Waals surface area contributed by atoms with Crippen LogP contribution < -0.4 is 0 Å². The Balaban J connectivity index is 4.36. The van der Waals surface area contributed by atoms with Crippen LogP contribution in [-0.2, 0) is 28.6 Å². The van der Waals surface area contributed by atoms with Crippen LogP contribution in [-0.4, -0.2) is 37.2 Å². The van der Waals surface area contributed by atoms with Gasteiger partial charge in [0, 0.05) is 19.3 Å². The highest BCUT2D eigenvalue weighted by Crippen LogP contribution is 2.15. The van der Waals surface area contributed by atoms with Gasteiger partial charge < -0.3 is 14.2 Å². The lowest BCUT2D eigenvalue weighted by Gasteiger charge is -2.18. The molecule has 366 valence electrons. The molecule has 0 bridgehead atoms. The third kappa shape index (κ3) is 50.2. The average Bonchev–Trinajstić information content (AvgIpc) is 3.28. The molecule has 0 fully saturated rings. The first-order valence-corrected chi connectivity index (χ1v) is 27.1. The Labute approximate surface area is 390 Å². The van der Waals surface area contributed by atoms with Crippen molar-refractivity contribution in [1.82, 2.24) is 0 Å². The lowest BCUT2D eigenvalue weighted by atomic mass is 10.1. The van der Waals surface area contributed by atoms with E-state index in [1.54, 1.807) is 0 Å². The van der Waals surface area contributed by atoms with Crippen LogP contribution in [0.4, 0.5) is 0 Å². The first-order valence-electron chi connectivity index (χ1n) is 27.1. The summed E-state index contributed by atoms with van der Waals surface area (Å²) in [4.78, 5) is 38.0. The van der Waals surface area contributed by atoms with Crippen LogP contribution in [0.2, 0.25) is 0 Å². The molecule has 0 aromatic heterocycles. The van der Waals surface area contributed by atoms with Crippen LogP contribution in [0.3, 0.4) is 0 Å². The lowest BCUT2D eigenvalue weighted by molar-refractivity contribution is -0.167. The molecular weight excluding hydrogens is 781 g/mol. The molecule has 0 unspecified atom stereocenters. The second-order valence-electron chi connectivity index (χ2n) is 18.1. The maximum absolute atomic E-state index is 12.8. The van der Waals surface area contributed by atoms with Gasteiger partial charge in [0.05, 0.1) is 0 Å². The zero-order valence-corrected chi connectivity index (χ0v) is 41.8. The van der Waals surface area contributed by atoms with E-state index in [0.717, 1.165) is 77.0 Å². The zero-order chi connectivity index (χ0) is 45.8. The quantitative estimate of drug-likeness (QED) is 0.0262. The molecule has 0 aliphatic carbocycles. The van der Waals surface area contributed by atoms with Gasteiger partial charge in [-0.05, 0) is 96.3 Å². The minimum absolute atomic E-state index is 0.0803. The number of esters is 3. The van der Waals surface area contributed by atoms with Crippen molar-refractivity contribution in [3.63, 3.8) is 0 Å². The van der Waals surface area contributed by atoms with Gasteiger partial charge in [0.15, 0.2) is 6.10 Å². The third-order valence-corrected chi connectivity index (χ3v) is 11.8. The van der Waals surface area contributed by atoms with Gasteiger partial charge in [-0.1, -0.05) is 211 Å². The highest BCUT2D eigenvalue weighted by molar-refractivity contribution is 5.71. The Hall–Kier alpha value is -2.63. The van der Waals surface area contributed by atoms with Crippen molar-refractivity contribution in [2.45, 2.75) is 284 Å². The zero-order valence-electron chi connectivity index (χ0n) is 41.8. The van der Waals surface area contributed by atoms with Crippen molar-refractivity contribution < 1.29 is 28.6 Å². The van der Waals surface area contributed by atoms with E-state index in [1.165, 1.54) is 161 Å². The number of hydrogen-bond donors (Lipinski definition) is 0. The minimum atomic E-state index is -0.781. The molecule has 0 spiro atoms. The van der Waals surface area contributed by atoms with Crippen molar-refractivity contribution >= 4 is 17.9 Å². The highest BCUT2D eigenvalue weighted by Gasteiger charge is 2.19. The fourth-order valence-corrected chi connectivity index (χ4v) is 7.62. The van der Waals surface area contributed by atoms with Gasteiger partial charge in [-0.25, -0.2) is 0 Å². The molecule has 6 nitrogen and oxygen atoms in total. The Morgan fingerprint density at radius 3 is 0.968 bits per heavy atom. The van der Waals surface area contributed by atoms with Gasteiger partial charge in [0.2, 0.25) is 0 Å². The molecule has 0 saturated carbocycles. The fourth-order valence-electron chi connectivity index (χ4n) is 7.62. The third-order valence-electron chi connectivity index (χ3n) is 11.8. The standard InChI is InChI=1S/C57H102O6/c1-4-7-10-13-16-19-22-24-26-28-30-32-35-38-41-44-47-50-56(59)62-53-54(52-61-55(58)49-46-43-40-37-34-21-18-15-12-9-6-3)63-57(60)51-48-45-42-39-36-33-31-29-27-25-23-20-17-14-11-8-5-2/h15,17-18,20,24-27,54H,4-14,16,19,21-23,28-53H2,1-3H3/b18-15-,20-17-,26-24-,27-25-/t54-/m0/s1. The van der Waals surface area contributed by atoms with Crippen molar-refractivity contribution in [2.24, 2.45) is 0 Å². The molecule has 0 aromatic carbocycles. The lowest BCUT2D eigenvalue weighted by Crippen LogP contribution is -2.30. The summed E-state index contributed by atoms with van der Waals surface area (Å²) < 4.78 is 16.8. The number of carbonyl (C=O) groups excluding carboxylic acids is 3. The monoisotopic (exact) mass is 883 g/mol. The predicted molar refractivity (Wildman–Crippen MR) is 270 cm³/mol. The molecule has 1 atom stereocenters. The smallest absolute Gasteiger partial charge is 0.306 e. The average molecular weight is 883 g/mol. The van der Waals surface area contributed by atoms with Gasteiger partial charge in [-0.15, -0.1) is 0 Å². The molecule has 0 aromatic rings. The topological polar surface area (TPSA) is 78.9 Å². The second-order valence-corrected chi connectivity index (χ2v) is 18.1. The second kappa shape index (κ2) is 52.0. The SMILES string of the molecule is CCCC/C=C\CCCCCCCC(=O)OC[C@@H](COC(=O)CCCCCCCCC/C=C\CCCCCCCC)OC(=O)CCCCCCCCC/C=C\C/C=C\CCCCC. The number of carbonyl (C=O) groups is 3. The van der Waals surface area contributed by atoms with E-state index in [4.69, 9.17) is 14.2 Å². The summed E-state index contributed by atoms with van der Waals surface area (Å²) >= 11 is 0. The summed E-state index contributed by atoms with van der Waals surface area (Å²) in [5.41, 5.74) is 0. The van der Waals surface area contributed by atoms with Crippen LogP contribution in [0.25, 0.3) is 0 Å². The first-order chi connectivity index (χ1) is 31.0. The Morgan fingerprint density at radius 2 is 0.587 bits per heavy atom. The molecule has 6 heteroatoms. The van der Waals surface area contributed by atoms with Crippen LogP contribution >= 0.6 is 0 Å². The van der Waals surface area contributed by atoms with Gasteiger partial charge in [0.25, 0.3) is 0 Å². The van der Waals surface area contributed by atoms with Crippen molar-refractivity contribution in [3.8, 4) is 0 Å². The van der Waals surface area contributed by atoms with Crippen LogP contribution in [0.1, 0.15) is 278 Å². The summed E-state index contributed by atoms with van der Waals surface area (Å²) in [6.45, 7) is 6.57. The number of ether oxygens (including phenoxy) is 3. The predicted octanol–water partition coefficient (Wildman–Crippen LogP) is 17.9. The van der Waals surface area contributed by atoms with Crippen LogP contribution in [0.15, 0.2) is 48.6 Å². The van der Waals surface area contributed by atoms with E-state index in [2.05, 4.69) is 69.4 Å². The highest BCUT2D eigenvalue weighted by atomic mass is 16.6. The first kappa shape index (κ1) is 60.4. The van der Waals surface area contributed by atoms with Gasteiger partial charge in [-0.2, -0.15) is 0 Å². The van der Waals surface area contributed by atoms with E-state index in [9.17, 15) is 14.4 Å². The van der Waals surface area contributed by atoms with Gasteiger partial charge in [-0.3, -0.25) is 14.4 Å². The Bertz CT molecular complexity index is 1110. The number of allylic oxidation sites excluding steroid dienone is 8. The Kier molecular flexibility index (Phi) is 49.8. The van der Waals surface area contributed by atoms with Gasteiger partial charge >= 0.3 is 17.9 Å². The van der Waals surface area contributed by atoms with Crippen molar-refractivity contribution in [2.75, 3.05) is 13.2 Å². The van der Waals surface area contributed by atoms with E-state index in [1.807, 2.05) is 0 Å². The Morgan fingerprint density at radius 1 is 0.317 bits per heavy atom. The normalized spacial score (nSPS) is 12.4.